The summed E-state index contributed by atoms with van der Waals surface area (Å²) >= 11 is 6.36. The second-order valence-electron chi connectivity index (χ2n) is 6.14. The fraction of sp³-hybridized carbons (Fsp3) is 0.250. The Morgan fingerprint density at radius 3 is 2.57 bits per heavy atom. The highest BCUT2D eigenvalue weighted by Crippen LogP contribution is 2.23. The predicted molar refractivity (Wildman–Crippen MR) is 101 cm³/mol. The first-order chi connectivity index (χ1) is 13.4. The molecule has 2 aromatic heterocycles. The number of methoxy groups -OCH3 is 1. The number of furan rings is 1. The second-order valence-corrected chi connectivity index (χ2v) is 6.50. The van der Waals surface area contributed by atoms with Crippen molar-refractivity contribution in [1.82, 2.24) is 9.78 Å². The van der Waals surface area contributed by atoms with Gasteiger partial charge in [-0.3, -0.25) is 0 Å². The third kappa shape index (κ3) is 4.09. The minimum absolute atomic E-state index is 0.143. The van der Waals surface area contributed by atoms with E-state index in [-0.39, 0.29) is 17.3 Å². The van der Waals surface area contributed by atoms with E-state index in [0.717, 1.165) is 5.56 Å². The first-order valence-corrected chi connectivity index (χ1v) is 8.90. The topological polar surface area (TPSA) is 83.6 Å². The van der Waals surface area contributed by atoms with E-state index in [0.29, 0.717) is 29.3 Å². The molecule has 0 fully saturated rings. The fourth-order valence-electron chi connectivity index (χ4n) is 2.78. The summed E-state index contributed by atoms with van der Waals surface area (Å²) in [5.41, 5.74) is 1.97. The molecule has 3 aromatic rings. The van der Waals surface area contributed by atoms with Crippen molar-refractivity contribution in [3.63, 3.8) is 0 Å². The van der Waals surface area contributed by atoms with Crippen LogP contribution >= 0.6 is 11.6 Å². The van der Waals surface area contributed by atoms with Crippen LogP contribution in [0.5, 0.6) is 0 Å². The first kappa shape index (κ1) is 19.7. The third-order valence-electron chi connectivity index (χ3n) is 4.16. The Balaban J connectivity index is 1.72. The fourth-order valence-corrected chi connectivity index (χ4v) is 3.09. The normalized spacial score (nSPS) is 10.7. The van der Waals surface area contributed by atoms with E-state index in [1.807, 2.05) is 30.3 Å². The van der Waals surface area contributed by atoms with Crippen LogP contribution in [0.25, 0.3) is 0 Å². The van der Waals surface area contributed by atoms with Gasteiger partial charge in [0.2, 0.25) is 0 Å². The minimum atomic E-state index is -0.615. The zero-order chi connectivity index (χ0) is 20.3. The molecule has 28 heavy (non-hydrogen) atoms. The van der Waals surface area contributed by atoms with Gasteiger partial charge in [0, 0.05) is 0 Å². The molecule has 0 bridgehead atoms. The zero-order valence-corrected chi connectivity index (χ0v) is 16.4. The molecule has 146 valence electrons. The summed E-state index contributed by atoms with van der Waals surface area (Å²) < 4.78 is 17.0. The molecule has 0 aliphatic rings. The first-order valence-electron chi connectivity index (χ1n) is 8.52. The van der Waals surface area contributed by atoms with Gasteiger partial charge in [-0.25, -0.2) is 14.3 Å². The van der Waals surface area contributed by atoms with Gasteiger partial charge in [-0.2, -0.15) is 5.10 Å². The number of hydrogen-bond acceptors (Lipinski definition) is 6. The number of ether oxygens (including phenoxy) is 2. The number of aryl methyl sites for hydroxylation is 2. The Labute approximate surface area is 166 Å². The van der Waals surface area contributed by atoms with Crippen molar-refractivity contribution in [2.24, 2.45) is 0 Å². The number of hydrogen-bond donors (Lipinski definition) is 0. The standard InChI is InChI=1S/C20H19ClN2O5/c1-12-17(18(21)23(22-12)10-14-7-5-4-6-8-14)20(25)27-11-15-9-16(13(2)28-15)19(24)26-3/h4-9H,10-11H2,1-3H3. The molecule has 8 heteroatoms. The molecule has 3 rings (SSSR count). The third-order valence-corrected chi connectivity index (χ3v) is 4.55. The van der Waals surface area contributed by atoms with Gasteiger partial charge in [0.1, 0.15) is 34.4 Å². The SMILES string of the molecule is COC(=O)c1cc(COC(=O)c2c(C)nn(Cc3ccccc3)c2Cl)oc1C. The molecule has 0 radical (unpaired) electrons. The average Bonchev–Trinajstić information content (AvgIpc) is 3.19. The number of carbonyl (C=O) groups is 2. The summed E-state index contributed by atoms with van der Waals surface area (Å²) in [6.07, 6.45) is 0. The molecule has 7 nitrogen and oxygen atoms in total. The van der Waals surface area contributed by atoms with E-state index in [4.69, 9.17) is 20.8 Å². The molecule has 0 saturated heterocycles. The van der Waals surface area contributed by atoms with E-state index in [1.165, 1.54) is 13.2 Å². The van der Waals surface area contributed by atoms with E-state index in [9.17, 15) is 9.59 Å². The van der Waals surface area contributed by atoms with Gasteiger partial charge >= 0.3 is 11.9 Å². The van der Waals surface area contributed by atoms with E-state index in [2.05, 4.69) is 9.84 Å². The lowest BCUT2D eigenvalue weighted by atomic mass is 10.2. The van der Waals surface area contributed by atoms with E-state index < -0.39 is 11.9 Å². The van der Waals surface area contributed by atoms with Gasteiger partial charge < -0.3 is 13.9 Å². The largest absolute Gasteiger partial charge is 0.465 e. The molecule has 0 saturated carbocycles. The van der Waals surface area contributed by atoms with Crippen LogP contribution in [0, 0.1) is 13.8 Å². The lowest BCUT2D eigenvalue weighted by Gasteiger charge is -2.04. The predicted octanol–water partition coefficient (Wildman–Crippen LogP) is 3.94. The number of nitrogens with zero attached hydrogens (tertiary/aromatic N) is 2. The van der Waals surface area contributed by atoms with Crippen molar-refractivity contribution < 1.29 is 23.5 Å². The summed E-state index contributed by atoms with van der Waals surface area (Å²) in [4.78, 5) is 24.1. The smallest absolute Gasteiger partial charge is 0.343 e. The maximum absolute atomic E-state index is 12.5. The highest BCUT2D eigenvalue weighted by Gasteiger charge is 2.23. The lowest BCUT2D eigenvalue weighted by Crippen LogP contribution is -2.07. The Morgan fingerprint density at radius 2 is 1.89 bits per heavy atom. The molecule has 0 aliphatic heterocycles. The molecule has 1 aromatic carbocycles. The van der Waals surface area contributed by atoms with Crippen LogP contribution in [-0.4, -0.2) is 28.8 Å². The average molecular weight is 403 g/mol. The highest BCUT2D eigenvalue weighted by atomic mass is 35.5. The van der Waals surface area contributed by atoms with Gasteiger partial charge in [-0.1, -0.05) is 41.9 Å². The Kier molecular flexibility index (Phi) is 5.84. The van der Waals surface area contributed by atoms with Crippen LogP contribution in [0.15, 0.2) is 40.8 Å². The highest BCUT2D eigenvalue weighted by molar-refractivity contribution is 6.32. The van der Waals surface area contributed by atoms with Gasteiger partial charge in [-0.05, 0) is 25.5 Å². The van der Waals surface area contributed by atoms with E-state index >= 15 is 0 Å². The Bertz CT molecular complexity index is 1010. The minimum Gasteiger partial charge on any atom is -0.465 e. The van der Waals surface area contributed by atoms with Gasteiger partial charge in [0.05, 0.1) is 19.3 Å². The van der Waals surface area contributed by atoms with Crippen molar-refractivity contribution >= 4 is 23.5 Å². The van der Waals surface area contributed by atoms with Crippen LogP contribution in [0.1, 0.15) is 43.5 Å². The molecule has 0 atom stereocenters. The van der Waals surface area contributed by atoms with Crippen molar-refractivity contribution in [3.05, 3.63) is 75.5 Å². The quantitative estimate of drug-likeness (QED) is 0.581. The van der Waals surface area contributed by atoms with Crippen LogP contribution in [0.4, 0.5) is 0 Å². The molecular weight excluding hydrogens is 384 g/mol. The number of esters is 2. The summed E-state index contributed by atoms with van der Waals surface area (Å²) in [6, 6.07) is 11.1. The summed E-state index contributed by atoms with van der Waals surface area (Å²) in [5.74, 6) is -0.408. The van der Waals surface area contributed by atoms with Crippen molar-refractivity contribution in [2.45, 2.75) is 27.0 Å². The van der Waals surface area contributed by atoms with Gasteiger partial charge in [0.15, 0.2) is 0 Å². The Hall–Kier alpha value is -3.06. The zero-order valence-electron chi connectivity index (χ0n) is 15.7. The maximum atomic E-state index is 12.5. The van der Waals surface area contributed by atoms with Crippen LogP contribution in [0.2, 0.25) is 5.15 Å². The lowest BCUT2D eigenvalue weighted by molar-refractivity contribution is 0.0443. The number of rotatable bonds is 6. The summed E-state index contributed by atoms with van der Waals surface area (Å²) in [6.45, 7) is 3.62. The molecule has 0 aliphatic carbocycles. The summed E-state index contributed by atoms with van der Waals surface area (Å²) in [7, 11) is 1.28. The molecule has 0 N–H and O–H groups in total. The van der Waals surface area contributed by atoms with Crippen molar-refractivity contribution in [3.8, 4) is 0 Å². The van der Waals surface area contributed by atoms with Gasteiger partial charge in [0.25, 0.3) is 0 Å². The monoisotopic (exact) mass is 402 g/mol. The number of benzene rings is 1. The maximum Gasteiger partial charge on any atom is 0.343 e. The number of aromatic nitrogens is 2. The van der Waals surface area contributed by atoms with Crippen molar-refractivity contribution in [2.75, 3.05) is 7.11 Å². The number of halogens is 1. The molecule has 0 spiro atoms. The molecular formula is C20H19ClN2O5. The molecule has 0 unspecified atom stereocenters. The number of carbonyl (C=O) groups excluding carboxylic acids is 2. The Morgan fingerprint density at radius 1 is 1.18 bits per heavy atom. The van der Waals surface area contributed by atoms with Gasteiger partial charge in [-0.15, -0.1) is 0 Å². The molecule has 2 heterocycles. The van der Waals surface area contributed by atoms with Crippen LogP contribution in [-0.2, 0) is 22.6 Å². The van der Waals surface area contributed by atoms with Crippen LogP contribution < -0.4 is 0 Å². The van der Waals surface area contributed by atoms with Crippen LogP contribution in [0.3, 0.4) is 0 Å². The second kappa shape index (κ2) is 8.31. The van der Waals surface area contributed by atoms with Crippen molar-refractivity contribution in [1.29, 1.82) is 0 Å². The summed E-state index contributed by atoms with van der Waals surface area (Å²) in [5, 5.41) is 4.54. The van der Waals surface area contributed by atoms with E-state index in [1.54, 1.807) is 18.5 Å². The molecule has 0 amide bonds.